The van der Waals surface area contributed by atoms with Crippen molar-refractivity contribution in [2.45, 2.75) is 45.8 Å². The number of rotatable bonds is 4. The summed E-state index contributed by atoms with van der Waals surface area (Å²) in [6.07, 6.45) is 0.552. The van der Waals surface area contributed by atoms with Gasteiger partial charge in [-0.3, -0.25) is 9.89 Å². The predicted molar refractivity (Wildman–Crippen MR) is 84.1 cm³/mol. The van der Waals surface area contributed by atoms with Crippen LogP contribution in [-0.4, -0.2) is 53.0 Å². The van der Waals surface area contributed by atoms with E-state index in [0.29, 0.717) is 31.9 Å². The maximum absolute atomic E-state index is 12.1. The molecule has 0 aromatic carbocycles. The molecule has 0 saturated heterocycles. The van der Waals surface area contributed by atoms with Crippen molar-refractivity contribution in [2.24, 2.45) is 0 Å². The van der Waals surface area contributed by atoms with Gasteiger partial charge in [0.2, 0.25) is 5.91 Å². The van der Waals surface area contributed by atoms with E-state index in [-0.39, 0.29) is 18.4 Å². The second-order valence-corrected chi connectivity index (χ2v) is 6.47. The molecule has 0 aliphatic carbocycles. The first-order valence-corrected chi connectivity index (χ1v) is 7.63. The van der Waals surface area contributed by atoms with E-state index in [4.69, 9.17) is 9.47 Å². The molecule has 0 bridgehead atoms. The number of methoxy groups -OCH3 is 1. The average Bonchev–Trinajstić information content (AvgIpc) is 2.85. The summed E-state index contributed by atoms with van der Waals surface area (Å²) >= 11 is 0. The van der Waals surface area contributed by atoms with E-state index < -0.39 is 5.60 Å². The number of fused-ring (bicyclic) bond motifs is 1. The molecule has 2 rings (SSSR count). The number of H-pyrrole nitrogens is 1. The van der Waals surface area contributed by atoms with Gasteiger partial charge in [-0.2, -0.15) is 5.10 Å². The van der Waals surface area contributed by atoms with Crippen molar-refractivity contribution in [1.82, 2.24) is 15.1 Å². The zero-order chi connectivity index (χ0) is 17.0. The van der Waals surface area contributed by atoms with Gasteiger partial charge >= 0.3 is 6.09 Å². The molecule has 0 spiro atoms. The van der Waals surface area contributed by atoms with Crippen LogP contribution in [0.25, 0.3) is 0 Å². The van der Waals surface area contributed by atoms with Crippen LogP contribution >= 0.6 is 0 Å². The molecular weight excluding hydrogens is 300 g/mol. The van der Waals surface area contributed by atoms with Gasteiger partial charge in [-0.15, -0.1) is 0 Å². The third-order valence-corrected chi connectivity index (χ3v) is 3.38. The summed E-state index contributed by atoms with van der Waals surface area (Å²) in [5.41, 5.74) is 1.24. The molecule has 2 heterocycles. The Morgan fingerprint density at radius 3 is 2.78 bits per heavy atom. The lowest BCUT2D eigenvalue weighted by atomic mass is 10.1. The first-order chi connectivity index (χ1) is 10.8. The van der Waals surface area contributed by atoms with Crippen molar-refractivity contribution < 1.29 is 19.1 Å². The molecule has 0 fully saturated rings. The van der Waals surface area contributed by atoms with Crippen LogP contribution in [-0.2, 0) is 27.2 Å². The van der Waals surface area contributed by atoms with Crippen LogP contribution in [0, 0.1) is 0 Å². The minimum Gasteiger partial charge on any atom is -0.444 e. The highest BCUT2D eigenvalue weighted by molar-refractivity contribution is 5.90. The third-order valence-electron chi connectivity index (χ3n) is 3.38. The lowest BCUT2D eigenvalue weighted by molar-refractivity contribution is -0.117. The van der Waals surface area contributed by atoms with Gasteiger partial charge in [0.05, 0.1) is 25.3 Å². The Kier molecular flexibility index (Phi) is 5.25. The second-order valence-electron chi connectivity index (χ2n) is 6.47. The Morgan fingerprint density at radius 2 is 2.13 bits per heavy atom. The smallest absolute Gasteiger partial charge is 0.410 e. The monoisotopic (exact) mass is 324 g/mol. The first kappa shape index (κ1) is 17.3. The number of aromatic nitrogens is 2. The van der Waals surface area contributed by atoms with E-state index in [2.05, 4.69) is 15.5 Å². The number of ether oxygens (including phenoxy) is 2. The number of hydrogen-bond acceptors (Lipinski definition) is 5. The Hall–Kier alpha value is -2.09. The SMILES string of the molecule is COCCC(=O)Nc1n[nH]c2c1CCN(C(=O)OC(C)(C)C)C2. The number of hydrogen-bond donors (Lipinski definition) is 2. The minimum absolute atomic E-state index is 0.143. The van der Waals surface area contributed by atoms with Crippen molar-refractivity contribution in [1.29, 1.82) is 0 Å². The number of anilines is 1. The fourth-order valence-corrected chi connectivity index (χ4v) is 2.29. The summed E-state index contributed by atoms with van der Waals surface area (Å²) < 4.78 is 10.3. The van der Waals surface area contributed by atoms with Crippen LogP contribution in [0.3, 0.4) is 0 Å². The van der Waals surface area contributed by atoms with Crippen LogP contribution in [0.5, 0.6) is 0 Å². The van der Waals surface area contributed by atoms with E-state index >= 15 is 0 Å². The van der Waals surface area contributed by atoms with Gasteiger partial charge in [0.1, 0.15) is 5.60 Å². The Morgan fingerprint density at radius 1 is 1.39 bits per heavy atom. The number of nitrogens with zero attached hydrogens (tertiary/aromatic N) is 2. The van der Waals surface area contributed by atoms with Gasteiger partial charge in [0, 0.05) is 19.2 Å². The number of aromatic amines is 1. The molecule has 0 saturated carbocycles. The Bertz CT molecular complexity index is 577. The van der Waals surface area contributed by atoms with Gasteiger partial charge in [0.15, 0.2) is 5.82 Å². The molecule has 0 atom stereocenters. The highest BCUT2D eigenvalue weighted by Crippen LogP contribution is 2.25. The number of carbonyl (C=O) groups is 2. The first-order valence-electron chi connectivity index (χ1n) is 7.63. The summed E-state index contributed by atoms with van der Waals surface area (Å²) in [6.45, 7) is 6.80. The van der Waals surface area contributed by atoms with Gasteiger partial charge in [-0.1, -0.05) is 0 Å². The predicted octanol–water partition coefficient (Wildman–Crippen LogP) is 1.68. The maximum atomic E-state index is 12.1. The fourth-order valence-electron chi connectivity index (χ4n) is 2.29. The topological polar surface area (TPSA) is 96.5 Å². The number of amides is 2. The van der Waals surface area contributed by atoms with E-state index in [9.17, 15) is 9.59 Å². The highest BCUT2D eigenvalue weighted by atomic mass is 16.6. The molecule has 8 nitrogen and oxygen atoms in total. The van der Waals surface area contributed by atoms with Crippen molar-refractivity contribution >= 4 is 17.8 Å². The van der Waals surface area contributed by atoms with Crippen LogP contribution < -0.4 is 5.32 Å². The van der Waals surface area contributed by atoms with Gasteiger partial charge in [0.25, 0.3) is 0 Å². The summed E-state index contributed by atoms with van der Waals surface area (Å²) in [4.78, 5) is 25.5. The van der Waals surface area contributed by atoms with Crippen molar-refractivity contribution in [3.05, 3.63) is 11.3 Å². The standard InChI is InChI=1S/C15H24N4O4/c1-15(2,3)23-14(21)19-7-5-10-11(9-19)17-18-13(10)16-12(20)6-8-22-4/h5-9H2,1-4H3,(H2,16,17,18,20). The van der Waals surface area contributed by atoms with Crippen molar-refractivity contribution in [3.63, 3.8) is 0 Å². The molecule has 1 aliphatic rings. The van der Waals surface area contributed by atoms with E-state index in [1.54, 1.807) is 12.0 Å². The van der Waals surface area contributed by atoms with Gasteiger partial charge in [-0.25, -0.2) is 4.79 Å². The highest BCUT2D eigenvalue weighted by Gasteiger charge is 2.28. The Labute approximate surface area is 135 Å². The number of carbonyl (C=O) groups excluding carboxylic acids is 2. The van der Waals surface area contributed by atoms with Crippen molar-refractivity contribution in [2.75, 3.05) is 25.6 Å². The van der Waals surface area contributed by atoms with E-state index in [0.717, 1.165) is 11.3 Å². The summed E-state index contributed by atoms with van der Waals surface area (Å²) in [5.74, 6) is 0.390. The lowest BCUT2D eigenvalue weighted by Gasteiger charge is -2.29. The molecule has 1 aromatic rings. The summed E-state index contributed by atoms with van der Waals surface area (Å²) in [5, 5.41) is 9.80. The molecule has 128 valence electrons. The molecule has 8 heteroatoms. The van der Waals surface area contributed by atoms with Crippen LogP contribution in [0.15, 0.2) is 0 Å². The van der Waals surface area contributed by atoms with Crippen LogP contribution in [0.4, 0.5) is 10.6 Å². The molecule has 2 amide bonds. The molecule has 0 unspecified atom stereocenters. The van der Waals surface area contributed by atoms with E-state index in [1.807, 2.05) is 20.8 Å². The summed E-state index contributed by atoms with van der Waals surface area (Å²) in [6, 6.07) is 0. The molecular formula is C15H24N4O4. The normalized spacial score (nSPS) is 14.3. The second kappa shape index (κ2) is 6.99. The molecule has 0 radical (unpaired) electrons. The quantitative estimate of drug-likeness (QED) is 0.878. The Balaban J connectivity index is 1.98. The van der Waals surface area contributed by atoms with Gasteiger partial charge < -0.3 is 19.7 Å². The van der Waals surface area contributed by atoms with Crippen LogP contribution in [0.2, 0.25) is 0 Å². The van der Waals surface area contributed by atoms with Gasteiger partial charge in [-0.05, 0) is 27.2 Å². The van der Waals surface area contributed by atoms with Crippen LogP contribution in [0.1, 0.15) is 38.4 Å². The maximum Gasteiger partial charge on any atom is 0.410 e. The zero-order valence-corrected chi connectivity index (χ0v) is 14.1. The largest absolute Gasteiger partial charge is 0.444 e. The number of nitrogens with one attached hydrogen (secondary N) is 2. The summed E-state index contributed by atoms with van der Waals surface area (Å²) in [7, 11) is 1.55. The van der Waals surface area contributed by atoms with E-state index in [1.165, 1.54) is 0 Å². The zero-order valence-electron chi connectivity index (χ0n) is 14.1. The molecule has 1 aromatic heterocycles. The third kappa shape index (κ3) is 4.69. The fraction of sp³-hybridized carbons (Fsp3) is 0.667. The molecule has 1 aliphatic heterocycles. The average molecular weight is 324 g/mol. The minimum atomic E-state index is -0.522. The lowest BCUT2D eigenvalue weighted by Crippen LogP contribution is -2.39. The van der Waals surface area contributed by atoms with Crippen molar-refractivity contribution in [3.8, 4) is 0 Å². The molecule has 23 heavy (non-hydrogen) atoms. The molecule has 2 N–H and O–H groups in total.